The first-order chi connectivity index (χ1) is 10.6. The molecule has 2 aromatic heterocycles. The van der Waals surface area contributed by atoms with E-state index in [0.717, 1.165) is 16.7 Å². The molecule has 0 spiro atoms. The molecule has 108 valence electrons. The number of nitrogens with one attached hydrogen (secondary N) is 2. The molecule has 0 saturated carbocycles. The van der Waals surface area contributed by atoms with Gasteiger partial charge in [0.1, 0.15) is 0 Å². The Morgan fingerprint density at radius 2 is 1.77 bits per heavy atom. The minimum Gasteiger partial charge on any atom is -0.305 e. The molecule has 2 heterocycles. The van der Waals surface area contributed by atoms with Gasteiger partial charge in [-0.1, -0.05) is 41.4 Å². The Morgan fingerprint density at radius 1 is 1.05 bits per heavy atom. The molecular weight excluding hydrogens is 321 g/mol. The first kappa shape index (κ1) is 13.4. The van der Waals surface area contributed by atoms with Gasteiger partial charge >= 0.3 is 0 Å². The van der Waals surface area contributed by atoms with E-state index in [1.54, 1.807) is 18.2 Å². The van der Waals surface area contributed by atoms with Gasteiger partial charge in [0.15, 0.2) is 5.65 Å². The van der Waals surface area contributed by atoms with Gasteiger partial charge in [-0.3, -0.25) is 9.89 Å². The number of allylic oxidation sites excluding steroid dienone is 4. The fraction of sp³-hybridized carbons (Fsp3) is 0. The smallest absolute Gasteiger partial charge is 0.257 e. The third-order valence-electron chi connectivity index (χ3n) is 3.58. The van der Waals surface area contributed by atoms with Crippen LogP contribution in [0.5, 0.6) is 0 Å². The summed E-state index contributed by atoms with van der Waals surface area (Å²) in [6.07, 6.45) is 5.91. The number of aromatic amines is 2. The highest BCUT2D eigenvalue weighted by Crippen LogP contribution is 2.30. The number of fused-ring (bicyclic) bond motifs is 1. The molecule has 0 fully saturated rings. The lowest BCUT2D eigenvalue weighted by Gasteiger charge is -2.06. The van der Waals surface area contributed by atoms with Crippen LogP contribution in [0.4, 0.5) is 0 Å². The van der Waals surface area contributed by atoms with Gasteiger partial charge in [-0.2, -0.15) is 5.10 Å². The third-order valence-corrected chi connectivity index (χ3v) is 4.02. The maximum absolute atomic E-state index is 12.3. The van der Waals surface area contributed by atoms with Crippen LogP contribution in [0, 0.1) is 0 Å². The van der Waals surface area contributed by atoms with E-state index in [4.69, 9.17) is 23.2 Å². The van der Waals surface area contributed by atoms with Gasteiger partial charge in [0, 0.05) is 26.6 Å². The fourth-order valence-electron chi connectivity index (χ4n) is 2.47. The standard InChI is InChI=1S/C16H9Cl2N3O/c17-10-4-9(5-11(18)6-10)12-7-13-14(8-2-1-3-8)20-21-15(13)19-16(12)22/h1-7H,(H2,19,20,21,22). The zero-order chi connectivity index (χ0) is 15.3. The van der Waals surface area contributed by atoms with Gasteiger partial charge in [0.05, 0.1) is 5.69 Å². The molecule has 0 radical (unpaired) electrons. The molecule has 6 heteroatoms. The first-order valence-electron chi connectivity index (χ1n) is 6.58. The molecule has 3 aromatic rings. The molecule has 4 rings (SSSR count). The van der Waals surface area contributed by atoms with E-state index < -0.39 is 0 Å². The molecule has 1 aromatic carbocycles. The van der Waals surface area contributed by atoms with E-state index in [0.29, 0.717) is 26.8 Å². The van der Waals surface area contributed by atoms with Crippen LogP contribution in [-0.2, 0) is 0 Å². The maximum Gasteiger partial charge on any atom is 0.257 e. The number of hydrogen-bond acceptors (Lipinski definition) is 2. The Morgan fingerprint density at radius 3 is 2.41 bits per heavy atom. The van der Waals surface area contributed by atoms with Crippen LogP contribution < -0.4 is 5.56 Å². The quantitative estimate of drug-likeness (QED) is 0.740. The van der Waals surface area contributed by atoms with Crippen LogP contribution in [0.15, 0.2) is 47.3 Å². The molecule has 4 nitrogen and oxygen atoms in total. The average Bonchev–Trinajstić information content (AvgIpc) is 2.77. The monoisotopic (exact) mass is 329 g/mol. The van der Waals surface area contributed by atoms with Crippen LogP contribution in [0.1, 0.15) is 5.69 Å². The summed E-state index contributed by atoms with van der Waals surface area (Å²) >= 11 is 12.1. The maximum atomic E-state index is 12.3. The number of hydrogen-bond donors (Lipinski definition) is 2. The largest absolute Gasteiger partial charge is 0.305 e. The Labute approximate surface area is 135 Å². The Bertz CT molecular complexity index is 1010. The van der Waals surface area contributed by atoms with Crippen LogP contribution >= 0.6 is 23.2 Å². The molecular formula is C16H9Cl2N3O. The van der Waals surface area contributed by atoms with Crippen molar-refractivity contribution in [2.45, 2.75) is 0 Å². The minimum atomic E-state index is -0.234. The number of benzene rings is 1. The Hall–Kier alpha value is -2.30. The zero-order valence-electron chi connectivity index (χ0n) is 11.2. The fourth-order valence-corrected chi connectivity index (χ4v) is 3.00. The van der Waals surface area contributed by atoms with Crippen molar-refractivity contribution in [2.24, 2.45) is 0 Å². The summed E-state index contributed by atoms with van der Waals surface area (Å²) in [5.41, 5.74) is 3.39. The Kier molecular flexibility index (Phi) is 2.96. The lowest BCUT2D eigenvalue weighted by molar-refractivity contribution is 1.08. The normalized spacial score (nSPS) is 13.3. The number of aromatic nitrogens is 3. The van der Waals surface area contributed by atoms with Gasteiger partial charge < -0.3 is 4.98 Å². The van der Waals surface area contributed by atoms with Crippen molar-refractivity contribution < 1.29 is 0 Å². The predicted molar refractivity (Wildman–Crippen MR) is 89.3 cm³/mol. The topological polar surface area (TPSA) is 61.5 Å². The first-order valence-corrected chi connectivity index (χ1v) is 7.34. The van der Waals surface area contributed by atoms with Crippen molar-refractivity contribution in [1.29, 1.82) is 0 Å². The molecule has 0 unspecified atom stereocenters. The number of H-pyrrole nitrogens is 2. The van der Waals surface area contributed by atoms with Crippen molar-refractivity contribution in [3.05, 3.63) is 68.6 Å². The molecule has 0 atom stereocenters. The molecule has 2 N–H and O–H groups in total. The van der Waals surface area contributed by atoms with Crippen molar-refractivity contribution >= 4 is 39.8 Å². The zero-order valence-corrected chi connectivity index (χ0v) is 12.7. The molecule has 1 aliphatic carbocycles. The molecule has 0 aliphatic heterocycles. The summed E-state index contributed by atoms with van der Waals surface area (Å²) in [6, 6.07) is 6.87. The molecule has 1 aliphatic rings. The number of pyridine rings is 1. The van der Waals surface area contributed by atoms with E-state index in [2.05, 4.69) is 15.2 Å². The van der Waals surface area contributed by atoms with E-state index in [1.807, 2.05) is 24.3 Å². The van der Waals surface area contributed by atoms with Gasteiger partial charge in [0.2, 0.25) is 0 Å². The number of rotatable bonds is 2. The lowest BCUT2D eigenvalue weighted by atomic mass is 10.0. The van der Waals surface area contributed by atoms with Crippen LogP contribution in [0.2, 0.25) is 10.0 Å². The molecule has 0 saturated heterocycles. The third kappa shape index (κ3) is 2.08. The minimum absolute atomic E-state index is 0.234. The van der Waals surface area contributed by atoms with Crippen LogP contribution in [0.3, 0.4) is 0 Å². The van der Waals surface area contributed by atoms with Gasteiger partial charge in [-0.05, 0) is 29.8 Å². The van der Waals surface area contributed by atoms with Crippen LogP contribution in [-0.4, -0.2) is 15.2 Å². The SMILES string of the molecule is O=c1[nH]c2n[nH]c(C3=CC=C3)c2cc1-c1cc(Cl)cc(Cl)c1. The van der Waals surface area contributed by atoms with Crippen molar-refractivity contribution in [1.82, 2.24) is 15.2 Å². The van der Waals surface area contributed by atoms with E-state index >= 15 is 0 Å². The second-order valence-corrected chi connectivity index (χ2v) is 5.89. The lowest BCUT2D eigenvalue weighted by Crippen LogP contribution is -2.08. The summed E-state index contributed by atoms with van der Waals surface area (Å²) in [7, 11) is 0. The summed E-state index contributed by atoms with van der Waals surface area (Å²) in [4.78, 5) is 15.1. The predicted octanol–water partition coefficient (Wildman–Crippen LogP) is 4.18. The molecule has 22 heavy (non-hydrogen) atoms. The molecule has 0 bridgehead atoms. The average molecular weight is 330 g/mol. The Balaban J connectivity index is 1.97. The summed E-state index contributed by atoms with van der Waals surface area (Å²) < 4.78 is 0. The second kappa shape index (κ2) is 4.87. The van der Waals surface area contributed by atoms with Crippen LogP contribution in [0.25, 0.3) is 27.7 Å². The van der Waals surface area contributed by atoms with Crippen molar-refractivity contribution in [2.75, 3.05) is 0 Å². The van der Waals surface area contributed by atoms with Gasteiger partial charge in [-0.25, -0.2) is 0 Å². The highest BCUT2D eigenvalue weighted by Gasteiger charge is 2.15. The summed E-state index contributed by atoms with van der Waals surface area (Å²) in [5, 5.41) is 8.92. The molecule has 0 amide bonds. The number of nitrogens with zero attached hydrogens (tertiary/aromatic N) is 1. The van der Waals surface area contributed by atoms with Crippen molar-refractivity contribution in [3.63, 3.8) is 0 Å². The summed E-state index contributed by atoms with van der Waals surface area (Å²) in [6.45, 7) is 0. The second-order valence-electron chi connectivity index (χ2n) is 5.01. The van der Waals surface area contributed by atoms with E-state index in [9.17, 15) is 4.79 Å². The highest BCUT2D eigenvalue weighted by atomic mass is 35.5. The number of halogens is 2. The van der Waals surface area contributed by atoms with E-state index in [-0.39, 0.29) is 5.56 Å². The van der Waals surface area contributed by atoms with Crippen molar-refractivity contribution in [3.8, 4) is 11.1 Å². The van der Waals surface area contributed by atoms with Gasteiger partial charge in [-0.15, -0.1) is 0 Å². The van der Waals surface area contributed by atoms with E-state index in [1.165, 1.54) is 0 Å². The highest BCUT2D eigenvalue weighted by molar-refractivity contribution is 6.35. The van der Waals surface area contributed by atoms with Gasteiger partial charge in [0.25, 0.3) is 5.56 Å². The summed E-state index contributed by atoms with van der Waals surface area (Å²) in [5.74, 6) is 0.